The Morgan fingerprint density at radius 3 is 2.60 bits per heavy atom. The Balaban J connectivity index is 2.09. The van der Waals surface area contributed by atoms with Gasteiger partial charge in [0.15, 0.2) is 0 Å². The molecule has 20 heavy (non-hydrogen) atoms. The summed E-state index contributed by atoms with van der Waals surface area (Å²) in [6, 6.07) is 4.00. The van der Waals surface area contributed by atoms with Crippen LogP contribution in [-0.2, 0) is 6.42 Å². The van der Waals surface area contributed by atoms with Crippen molar-refractivity contribution in [2.45, 2.75) is 20.3 Å². The Morgan fingerprint density at radius 2 is 1.90 bits per heavy atom. The molecule has 0 bridgehead atoms. The second-order valence-electron chi connectivity index (χ2n) is 4.73. The zero-order valence-electron chi connectivity index (χ0n) is 11.8. The number of fused-ring (bicyclic) bond motifs is 1. The molecule has 3 aromatic heterocycles. The van der Waals surface area contributed by atoms with Gasteiger partial charge < -0.3 is 5.32 Å². The molecule has 0 saturated heterocycles. The normalized spacial score (nSPS) is 10.9. The van der Waals surface area contributed by atoms with Gasteiger partial charge in [0.25, 0.3) is 0 Å². The maximum Gasteiger partial charge on any atom is 0.138 e. The predicted molar refractivity (Wildman–Crippen MR) is 83.5 cm³/mol. The van der Waals surface area contributed by atoms with E-state index in [-0.39, 0.29) is 0 Å². The topological polar surface area (TPSA) is 50.7 Å². The van der Waals surface area contributed by atoms with Gasteiger partial charge in [-0.3, -0.25) is 4.98 Å². The summed E-state index contributed by atoms with van der Waals surface area (Å²) in [5.74, 6) is 1.76. The molecule has 5 heteroatoms. The molecule has 0 aliphatic rings. The molecule has 3 rings (SSSR count). The molecule has 0 spiro atoms. The summed E-state index contributed by atoms with van der Waals surface area (Å²) < 4.78 is 0. The third-order valence-electron chi connectivity index (χ3n) is 3.42. The molecule has 0 unspecified atom stereocenters. The van der Waals surface area contributed by atoms with Gasteiger partial charge in [0.05, 0.1) is 5.39 Å². The van der Waals surface area contributed by atoms with Gasteiger partial charge in [-0.25, -0.2) is 9.97 Å². The maximum absolute atomic E-state index is 4.71. The van der Waals surface area contributed by atoms with Crippen molar-refractivity contribution in [2.24, 2.45) is 0 Å². The van der Waals surface area contributed by atoms with Crippen molar-refractivity contribution in [3.63, 3.8) is 0 Å². The number of nitrogens with zero attached hydrogens (tertiary/aromatic N) is 3. The van der Waals surface area contributed by atoms with E-state index in [0.29, 0.717) is 0 Å². The first-order valence-corrected chi connectivity index (χ1v) is 7.34. The largest absolute Gasteiger partial charge is 0.372 e. The Labute approximate surface area is 121 Å². The molecule has 0 fully saturated rings. The summed E-state index contributed by atoms with van der Waals surface area (Å²) in [7, 11) is 1.91. The lowest BCUT2D eigenvalue weighted by atomic mass is 10.2. The van der Waals surface area contributed by atoms with Gasteiger partial charge >= 0.3 is 0 Å². The van der Waals surface area contributed by atoms with E-state index >= 15 is 0 Å². The first-order valence-electron chi connectivity index (χ1n) is 6.52. The summed E-state index contributed by atoms with van der Waals surface area (Å²) in [5, 5.41) is 4.34. The number of pyridine rings is 1. The van der Waals surface area contributed by atoms with Crippen molar-refractivity contribution < 1.29 is 0 Å². The van der Waals surface area contributed by atoms with E-state index in [1.165, 1.54) is 16.0 Å². The van der Waals surface area contributed by atoms with E-state index in [4.69, 9.17) is 4.98 Å². The highest BCUT2D eigenvalue weighted by Gasteiger charge is 2.13. The van der Waals surface area contributed by atoms with Crippen LogP contribution in [0.1, 0.15) is 21.8 Å². The molecule has 0 atom stereocenters. The molecule has 0 aliphatic carbocycles. The van der Waals surface area contributed by atoms with Gasteiger partial charge in [0, 0.05) is 30.7 Å². The van der Waals surface area contributed by atoms with Gasteiger partial charge in [-0.2, -0.15) is 0 Å². The molecular weight excluding hydrogens is 268 g/mol. The Morgan fingerprint density at radius 1 is 1.15 bits per heavy atom. The quantitative estimate of drug-likeness (QED) is 0.801. The van der Waals surface area contributed by atoms with E-state index in [2.05, 4.69) is 29.1 Å². The lowest BCUT2D eigenvalue weighted by Crippen LogP contribution is -2.01. The minimum Gasteiger partial charge on any atom is -0.372 e. The van der Waals surface area contributed by atoms with E-state index in [9.17, 15) is 0 Å². The van der Waals surface area contributed by atoms with Crippen LogP contribution in [0.15, 0.2) is 24.5 Å². The number of thiophene rings is 1. The molecule has 1 N–H and O–H groups in total. The van der Waals surface area contributed by atoms with Crippen molar-refractivity contribution in [2.75, 3.05) is 12.4 Å². The van der Waals surface area contributed by atoms with Crippen LogP contribution in [0.25, 0.3) is 10.2 Å². The average molecular weight is 284 g/mol. The van der Waals surface area contributed by atoms with Crippen LogP contribution in [0.5, 0.6) is 0 Å². The fourth-order valence-corrected chi connectivity index (χ4v) is 3.29. The Kier molecular flexibility index (Phi) is 3.36. The van der Waals surface area contributed by atoms with Crippen molar-refractivity contribution in [1.29, 1.82) is 0 Å². The third-order valence-corrected chi connectivity index (χ3v) is 4.52. The maximum atomic E-state index is 4.71. The number of aryl methyl sites for hydroxylation is 2. The number of anilines is 1. The molecule has 3 heterocycles. The highest BCUT2D eigenvalue weighted by Crippen LogP contribution is 2.33. The van der Waals surface area contributed by atoms with Gasteiger partial charge in [-0.1, -0.05) is 0 Å². The predicted octanol–water partition coefficient (Wildman–Crippen LogP) is 3.34. The minimum absolute atomic E-state index is 0.725. The highest BCUT2D eigenvalue weighted by molar-refractivity contribution is 7.18. The van der Waals surface area contributed by atoms with Crippen molar-refractivity contribution in [1.82, 2.24) is 15.0 Å². The zero-order chi connectivity index (χ0) is 14.1. The smallest absolute Gasteiger partial charge is 0.138 e. The van der Waals surface area contributed by atoms with Crippen molar-refractivity contribution in [3.8, 4) is 0 Å². The highest BCUT2D eigenvalue weighted by atomic mass is 32.1. The monoisotopic (exact) mass is 284 g/mol. The number of nitrogens with one attached hydrogen (secondary N) is 1. The fourth-order valence-electron chi connectivity index (χ4n) is 2.24. The van der Waals surface area contributed by atoms with E-state index in [0.717, 1.165) is 28.3 Å². The van der Waals surface area contributed by atoms with E-state index in [1.54, 1.807) is 23.7 Å². The standard InChI is InChI=1S/C15H16N4S/c1-9-10(2)20-15-13(9)14(16-3)18-12(19-15)8-11-4-6-17-7-5-11/h4-7H,8H2,1-3H3,(H,16,18,19). The molecule has 0 radical (unpaired) electrons. The van der Waals surface area contributed by atoms with Crippen LogP contribution < -0.4 is 5.32 Å². The second-order valence-corrected chi connectivity index (χ2v) is 5.94. The molecule has 3 aromatic rings. The lowest BCUT2D eigenvalue weighted by Gasteiger charge is -2.06. The summed E-state index contributed by atoms with van der Waals surface area (Å²) >= 11 is 1.73. The molecule has 4 nitrogen and oxygen atoms in total. The first kappa shape index (κ1) is 13.0. The molecule has 0 saturated carbocycles. The Hall–Kier alpha value is -2.01. The van der Waals surface area contributed by atoms with E-state index < -0.39 is 0 Å². The van der Waals surface area contributed by atoms with Gasteiger partial charge in [-0.05, 0) is 37.1 Å². The van der Waals surface area contributed by atoms with Gasteiger partial charge in [0.1, 0.15) is 16.5 Å². The molecular formula is C15H16N4S. The average Bonchev–Trinajstić information content (AvgIpc) is 2.74. The van der Waals surface area contributed by atoms with Crippen LogP contribution >= 0.6 is 11.3 Å². The molecule has 0 amide bonds. The van der Waals surface area contributed by atoms with Crippen LogP contribution in [-0.4, -0.2) is 22.0 Å². The number of rotatable bonds is 3. The Bertz CT molecular complexity index is 749. The van der Waals surface area contributed by atoms with E-state index in [1.807, 2.05) is 19.2 Å². The lowest BCUT2D eigenvalue weighted by molar-refractivity contribution is 0.993. The van der Waals surface area contributed by atoms with Gasteiger partial charge in [0.2, 0.25) is 0 Å². The first-order chi connectivity index (χ1) is 9.69. The van der Waals surface area contributed by atoms with Crippen molar-refractivity contribution in [3.05, 3.63) is 46.4 Å². The number of hydrogen-bond acceptors (Lipinski definition) is 5. The number of hydrogen-bond donors (Lipinski definition) is 1. The molecule has 0 aromatic carbocycles. The summed E-state index contributed by atoms with van der Waals surface area (Å²) in [5.41, 5.74) is 2.44. The molecule has 0 aliphatic heterocycles. The summed E-state index contributed by atoms with van der Waals surface area (Å²) in [6.45, 7) is 4.25. The van der Waals surface area contributed by atoms with Gasteiger partial charge in [-0.15, -0.1) is 11.3 Å². The van der Waals surface area contributed by atoms with Crippen molar-refractivity contribution >= 4 is 27.4 Å². The SMILES string of the molecule is CNc1nc(Cc2ccncc2)nc2sc(C)c(C)c12. The van der Waals surface area contributed by atoms with Crippen LogP contribution in [0.2, 0.25) is 0 Å². The third kappa shape index (κ3) is 2.25. The summed E-state index contributed by atoms with van der Waals surface area (Å²) in [6.07, 6.45) is 4.32. The number of aromatic nitrogens is 3. The second kappa shape index (κ2) is 5.17. The van der Waals surface area contributed by atoms with Crippen LogP contribution in [0, 0.1) is 13.8 Å². The summed E-state index contributed by atoms with van der Waals surface area (Å²) in [4.78, 5) is 15.8. The minimum atomic E-state index is 0.725. The molecule has 102 valence electrons. The van der Waals surface area contributed by atoms with Crippen LogP contribution in [0.4, 0.5) is 5.82 Å². The fraction of sp³-hybridized carbons (Fsp3) is 0.267. The van der Waals surface area contributed by atoms with Crippen LogP contribution in [0.3, 0.4) is 0 Å². The zero-order valence-corrected chi connectivity index (χ0v) is 12.6.